The zero-order valence-corrected chi connectivity index (χ0v) is 11.5. The van der Waals surface area contributed by atoms with Gasteiger partial charge in [-0.3, -0.25) is 14.6 Å². The third-order valence-electron chi connectivity index (χ3n) is 2.72. The second-order valence-corrected chi connectivity index (χ2v) is 4.75. The van der Waals surface area contributed by atoms with Crippen LogP contribution in [0.3, 0.4) is 0 Å². The first-order valence-corrected chi connectivity index (χ1v) is 6.22. The molecule has 2 heterocycles. The van der Waals surface area contributed by atoms with E-state index in [1.165, 1.54) is 0 Å². The Balaban J connectivity index is 2.04. The highest BCUT2D eigenvalue weighted by Crippen LogP contribution is 2.08. The first kappa shape index (κ1) is 13.3. The number of carbonyl (C=O) groups is 1. The summed E-state index contributed by atoms with van der Waals surface area (Å²) in [5.74, 6) is 1.06. The Bertz CT molecular complexity index is 570. The minimum atomic E-state index is -0.262. The molecule has 2 aromatic heterocycles. The Morgan fingerprint density at radius 3 is 2.68 bits per heavy atom. The molecule has 7 nitrogen and oxygen atoms in total. The highest BCUT2D eigenvalue weighted by molar-refractivity contribution is 5.92. The van der Waals surface area contributed by atoms with E-state index in [1.807, 2.05) is 27.7 Å². The average Bonchev–Trinajstić information content (AvgIpc) is 2.96. The van der Waals surface area contributed by atoms with Crippen LogP contribution in [-0.4, -0.2) is 30.9 Å². The second kappa shape index (κ2) is 5.21. The van der Waals surface area contributed by atoms with Crippen molar-refractivity contribution >= 4 is 5.91 Å². The van der Waals surface area contributed by atoms with Gasteiger partial charge >= 0.3 is 0 Å². The summed E-state index contributed by atoms with van der Waals surface area (Å²) in [6, 6.07) is 1.67. The molecule has 0 unspecified atom stereocenters. The predicted molar refractivity (Wildman–Crippen MR) is 69.6 cm³/mol. The van der Waals surface area contributed by atoms with Gasteiger partial charge in [-0.1, -0.05) is 0 Å². The summed E-state index contributed by atoms with van der Waals surface area (Å²) < 4.78 is 1.75. The lowest BCUT2D eigenvalue weighted by Crippen LogP contribution is -2.28. The minimum Gasteiger partial charge on any atom is -0.341 e. The maximum absolute atomic E-state index is 12.0. The van der Waals surface area contributed by atoms with Crippen LogP contribution in [-0.2, 0) is 0 Å². The monoisotopic (exact) mass is 262 g/mol. The molecule has 0 saturated carbocycles. The standard InChI is InChI=1S/C12H18N6O/c1-7(2)18-6-5-10(17-18)12(19)13-8(3)11-14-9(4)15-16-11/h5-8H,1-4H3,(H,13,19)(H,14,15,16)/t8-/m1/s1. The van der Waals surface area contributed by atoms with E-state index in [1.54, 1.807) is 16.9 Å². The van der Waals surface area contributed by atoms with Crippen molar-refractivity contribution in [3.05, 3.63) is 29.6 Å². The lowest BCUT2D eigenvalue weighted by Gasteiger charge is -2.09. The number of aryl methyl sites for hydroxylation is 1. The summed E-state index contributed by atoms with van der Waals surface area (Å²) in [6.45, 7) is 7.66. The number of H-pyrrole nitrogens is 1. The van der Waals surface area contributed by atoms with Crippen LogP contribution in [0.25, 0.3) is 0 Å². The maximum Gasteiger partial charge on any atom is 0.272 e. The predicted octanol–water partition coefficient (Wildman–Crippen LogP) is 1.38. The third kappa shape index (κ3) is 2.98. The van der Waals surface area contributed by atoms with Crippen molar-refractivity contribution < 1.29 is 4.79 Å². The number of aromatic amines is 1. The van der Waals surface area contributed by atoms with Gasteiger partial charge in [-0.05, 0) is 33.8 Å². The lowest BCUT2D eigenvalue weighted by molar-refractivity contribution is 0.0932. The molecule has 2 N–H and O–H groups in total. The van der Waals surface area contributed by atoms with Gasteiger partial charge in [0.2, 0.25) is 0 Å². The van der Waals surface area contributed by atoms with Gasteiger partial charge in [-0.15, -0.1) is 0 Å². The molecule has 0 aromatic carbocycles. The van der Waals surface area contributed by atoms with Crippen molar-refractivity contribution in [1.82, 2.24) is 30.3 Å². The van der Waals surface area contributed by atoms with E-state index in [9.17, 15) is 4.79 Å². The van der Waals surface area contributed by atoms with Crippen molar-refractivity contribution in [2.45, 2.75) is 39.8 Å². The fourth-order valence-corrected chi connectivity index (χ4v) is 1.64. The molecule has 1 atom stereocenters. The molecular formula is C12H18N6O. The third-order valence-corrected chi connectivity index (χ3v) is 2.72. The molecule has 7 heteroatoms. The summed E-state index contributed by atoms with van der Waals surface area (Å²) >= 11 is 0. The first-order valence-electron chi connectivity index (χ1n) is 6.22. The van der Waals surface area contributed by atoms with Crippen molar-refractivity contribution in [3.63, 3.8) is 0 Å². The van der Waals surface area contributed by atoms with E-state index >= 15 is 0 Å². The van der Waals surface area contributed by atoms with Gasteiger partial charge in [0.25, 0.3) is 5.91 Å². The lowest BCUT2D eigenvalue weighted by atomic mass is 10.3. The highest BCUT2D eigenvalue weighted by atomic mass is 16.2. The van der Waals surface area contributed by atoms with Crippen LogP contribution in [0.4, 0.5) is 0 Å². The van der Waals surface area contributed by atoms with Gasteiger partial charge in [0.05, 0.1) is 6.04 Å². The largest absolute Gasteiger partial charge is 0.341 e. The van der Waals surface area contributed by atoms with Gasteiger partial charge in [0, 0.05) is 12.2 Å². The Kier molecular flexibility index (Phi) is 3.64. The van der Waals surface area contributed by atoms with Crippen molar-refractivity contribution in [2.24, 2.45) is 0 Å². The summed E-state index contributed by atoms with van der Waals surface area (Å²) in [4.78, 5) is 16.2. The number of nitrogens with one attached hydrogen (secondary N) is 2. The number of hydrogen-bond donors (Lipinski definition) is 2. The van der Waals surface area contributed by atoms with E-state index in [0.717, 1.165) is 5.82 Å². The summed E-state index contributed by atoms with van der Waals surface area (Å²) in [5.41, 5.74) is 0.396. The van der Waals surface area contributed by atoms with Crippen LogP contribution >= 0.6 is 0 Å². The van der Waals surface area contributed by atoms with Crippen molar-refractivity contribution in [1.29, 1.82) is 0 Å². The number of aromatic nitrogens is 5. The molecule has 0 saturated heterocycles. The van der Waals surface area contributed by atoms with E-state index < -0.39 is 0 Å². The Hall–Kier alpha value is -2.18. The molecule has 102 valence electrons. The number of nitrogens with zero attached hydrogens (tertiary/aromatic N) is 4. The van der Waals surface area contributed by atoms with Crippen molar-refractivity contribution in [2.75, 3.05) is 0 Å². The molecular weight excluding hydrogens is 244 g/mol. The van der Waals surface area contributed by atoms with Crippen LogP contribution in [0, 0.1) is 6.92 Å². The van der Waals surface area contributed by atoms with Crippen LogP contribution in [0.1, 0.15) is 55.0 Å². The molecule has 0 aliphatic rings. The number of hydrogen-bond acceptors (Lipinski definition) is 4. The van der Waals surface area contributed by atoms with Gasteiger partial charge in [-0.2, -0.15) is 10.2 Å². The van der Waals surface area contributed by atoms with Crippen molar-refractivity contribution in [3.8, 4) is 0 Å². The summed E-state index contributed by atoms with van der Waals surface area (Å²) in [5, 5.41) is 13.8. The smallest absolute Gasteiger partial charge is 0.272 e. The molecule has 0 bridgehead atoms. The number of rotatable bonds is 4. The van der Waals surface area contributed by atoms with Gasteiger partial charge in [0.1, 0.15) is 11.5 Å². The van der Waals surface area contributed by atoms with E-state index in [-0.39, 0.29) is 18.0 Å². The quantitative estimate of drug-likeness (QED) is 0.871. The second-order valence-electron chi connectivity index (χ2n) is 4.75. The molecule has 0 aliphatic heterocycles. The SMILES string of the molecule is Cc1nc([C@@H](C)NC(=O)c2ccn(C(C)C)n2)n[nH]1. The fraction of sp³-hybridized carbons (Fsp3) is 0.500. The molecule has 0 radical (unpaired) electrons. The normalized spacial score (nSPS) is 12.7. The highest BCUT2D eigenvalue weighted by Gasteiger charge is 2.17. The van der Waals surface area contributed by atoms with Gasteiger partial charge < -0.3 is 5.32 Å². The van der Waals surface area contributed by atoms with Crippen LogP contribution in [0.15, 0.2) is 12.3 Å². The minimum absolute atomic E-state index is 0.227. The molecule has 1 amide bonds. The van der Waals surface area contributed by atoms with E-state index in [4.69, 9.17) is 0 Å². The maximum atomic E-state index is 12.0. The fourth-order valence-electron chi connectivity index (χ4n) is 1.64. The summed E-state index contributed by atoms with van der Waals surface area (Å²) in [6.07, 6.45) is 1.79. The molecule has 0 spiro atoms. The van der Waals surface area contributed by atoms with Crippen LogP contribution in [0.2, 0.25) is 0 Å². The molecule has 0 fully saturated rings. The van der Waals surface area contributed by atoms with E-state index in [2.05, 4.69) is 25.6 Å². The van der Waals surface area contributed by atoms with Gasteiger partial charge in [0.15, 0.2) is 5.82 Å². The number of carbonyl (C=O) groups excluding carboxylic acids is 1. The zero-order chi connectivity index (χ0) is 14.0. The Morgan fingerprint density at radius 2 is 2.16 bits per heavy atom. The topological polar surface area (TPSA) is 88.5 Å². The van der Waals surface area contributed by atoms with Crippen LogP contribution in [0.5, 0.6) is 0 Å². The van der Waals surface area contributed by atoms with Crippen LogP contribution < -0.4 is 5.32 Å². The zero-order valence-electron chi connectivity index (χ0n) is 11.5. The van der Waals surface area contributed by atoms with E-state index in [0.29, 0.717) is 11.5 Å². The van der Waals surface area contributed by atoms with Gasteiger partial charge in [-0.25, -0.2) is 4.98 Å². The number of amides is 1. The first-order chi connectivity index (χ1) is 8.97. The molecule has 2 rings (SSSR count). The Labute approximate surface area is 111 Å². The molecule has 0 aliphatic carbocycles. The molecule has 19 heavy (non-hydrogen) atoms. The molecule has 2 aromatic rings. The summed E-state index contributed by atoms with van der Waals surface area (Å²) in [7, 11) is 0. The Morgan fingerprint density at radius 1 is 1.42 bits per heavy atom. The average molecular weight is 262 g/mol.